The molecule has 9 nitrogen and oxygen atoms in total. The minimum atomic E-state index is -0.496. The molecule has 3 aromatic rings. The second kappa shape index (κ2) is 9.44. The minimum Gasteiger partial charge on any atom is -0.444 e. The first-order valence-electron chi connectivity index (χ1n) is 14.0. The molecule has 0 unspecified atom stereocenters. The Morgan fingerprint density at radius 2 is 2.08 bits per heavy atom. The highest BCUT2D eigenvalue weighted by atomic mass is 16.6. The zero-order chi connectivity index (χ0) is 27.4. The number of nitriles is 1. The first-order valence-corrected chi connectivity index (χ1v) is 14.0. The average molecular weight is 528 g/mol. The molecule has 1 amide bonds. The van der Waals surface area contributed by atoms with Crippen LogP contribution in [0.4, 0.5) is 10.6 Å². The molecule has 1 spiro atoms. The Morgan fingerprint density at radius 3 is 2.77 bits per heavy atom. The summed E-state index contributed by atoms with van der Waals surface area (Å²) in [4.78, 5) is 14.4. The molecule has 1 aliphatic heterocycles. The number of hydrogen-bond donors (Lipinski definition) is 1. The van der Waals surface area contributed by atoms with E-state index in [1.165, 1.54) is 24.0 Å². The van der Waals surface area contributed by atoms with Crippen molar-refractivity contribution in [3.8, 4) is 17.3 Å². The van der Waals surface area contributed by atoms with Crippen LogP contribution in [-0.4, -0.2) is 56.3 Å². The van der Waals surface area contributed by atoms with Crippen molar-refractivity contribution in [2.75, 3.05) is 25.5 Å². The van der Waals surface area contributed by atoms with Crippen LogP contribution < -0.4 is 5.32 Å². The van der Waals surface area contributed by atoms with Crippen LogP contribution >= 0.6 is 0 Å². The van der Waals surface area contributed by atoms with Gasteiger partial charge in [0.05, 0.1) is 18.8 Å². The summed E-state index contributed by atoms with van der Waals surface area (Å²) in [7, 11) is 1.84. The summed E-state index contributed by atoms with van der Waals surface area (Å²) in [6.07, 6.45) is 8.92. The molecular formula is C30H37N7O2. The standard InChI is InChI=1S/C30H37N7O2/c1-29(2,3)39-28(38)35-11-10-30(19-35)13-24(14-30)37-27(32-4)25(15-31)26(34-37)23-16-33-36(18-23)17-20-6-5-7-22(12-20)21-8-9-21/h5-7,12,16,18,21,24,32H,8-11,13-14,17,19H2,1-4H3. The zero-order valence-corrected chi connectivity index (χ0v) is 23.3. The van der Waals surface area contributed by atoms with Crippen molar-refractivity contribution in [1.82, 2.24) is 24.5 Å². The van der Waals surface area contributed by atoms with Gasteiger partial charge in [-0.2, -0.15) is 15.5 Å². The number of carbonyl (C=O) groups excluding carboxylic acids is 1. The van der Waals surface area contributed by atoms with E-state index in [-0.39, 0.29) is 17.6 Å². The first kappa shape index (κ1) is 25.5. The maximum atomic E-state index is 12.6. The van der Waals surface area contributed by atoms with Gasteiger partial charge in [0, 0.05) is 31.9 Å². The fraction of sp³-hybridized carbons (Fsp3) is 0.533. The molecule has 1 N–H and O–H groups in total. The molecular weight excluding hydrogens is 490 g/mol. The Bertz CT molecular complexity index is 1430. The van der Waals surface area contributed by atoms with Crippen LogP contribution in [-0.2, 0) is 11.3 Å². The van der Waals surface area contributed by atoms with E-state index in [2.05, 4.69) is 40.8 Å². The summed E-state index contributed by atoms with van der Waals surface area (Å²) in [6, 6.07) is 11.3. The molecule has 2 saturated carbocycles. The molecule has 2 aromatic heterocycles. The summed E-state index contributed by atoms with van der Waals surface area (Å²) >= 11 is 0. The smallest absolute Gasteiger partial charge is 0.410 e. The van der Waals surface area contributed by atoms with Crippen LogP contribution in [0.3, 0.4) is 0 Å². The summed E-state index contributed by atoms with van der Waals surface area (Å²) in [5.74, 6) is 1.45. The number of likely N-dealkylation sites (tertiary alicyclic amines) is 1. The van der Waals surface area contributed by atoms with Crippen molar-refractivity contribution in [2.24, 2.45) is 5.41 Å². The van der Waals surface area contributed by atoms with Gasteiger partial charge in [0.1, 0.15) is 28.7 Å². The van der Waals surface area contributed by atoms with Crippen LogP contribution in [0.5, 0.6) is 0 Å². The van der Waals surface area contributed by atoms with Crippen molar-refractivity contribution < 1.29 is 9.53 Å². The average Bonchev–Trinajstić information content (AvgIpc) is 3.29. The van der Waals surface area contributed by atoms with Gasteiger partial charge in [0.25, 0.3) is 0 Å². The molecule has 3 aliphatic rings. The second-order valence-electron chi connectivity index (χ2n) is 12.5. The lowest BCUT2D eigenvalue weighted by Gasteiger charge is -2.45. The third-order valence-electron chi connectivity index (χ3n) is 8.28. The molecule has 0 radical (unpaired) electrons. The third kappa shape index (κ3) is 5.00. The number of aromatic nitrogens is 4. The van der Waals surface area contributed by atoms with E-state index in [1.807, 2.05) is 48.3 Å². The zero-order valence-electron chi connectivity index (χ0n) is 23.3. The number of nitrogens with zero attached hydrogens (tertiary/aromatic N) is 6. The topological polar surface area (TPSA) is 101 Å². The normalized spacial score (nSPS) is 22.5. The Morgan fingerprint density at radius 1 is 1.28 bits per heavy atom. The van der Waals surface area contributed by atoms with Gasteiger partial charge in [-0.05, 0) is 75.3 Å². The van der Waals surface area contributed by atoms with Gasteiger partial charge in [0.2, 0.25) is 0 Å². The molecule has 3 heterocycles. The Hall–Kier alpha value is -3.80. The number of benzene rings is 1. The number of amides is 1. The van der Waals surface area contributed by atoms with E-state index in [0.717, 1.165) is 43.1 Å². The van der Waals surface area contributed by atoms with E-state index < -0.39 is 5.60 Å². The number of carbonyl (C=O) groups is 1. The van der Waals surface area contributed by atoms with Crippen LogP contribution in [0.25, 0.3) is 11.3 Å². The number of ether oxygens (including phenoxy) is 1. The molecule has 0 bridgehead atoms. The molecule has 0 atom stereocenters. The maximum absolute atomic E-state index is 12.6. The van der Waals surface area contributed by atoms with Crippen molar-refractivity contribution in [3.63, 3.8) is 0 Å². The van der Waals surface area contributed by atoms with Crippen molar-refractivity contribution in [1.29, 1.82) is 5.26 Å². The van der Waals surface area contributed by atoms with Crippen molar-refractivity contribution >= 4 is 11.9 Å². The van der Waals surface area contributed by atoms with Crippen LogP contribution in [0.1, 0.15) is 81.5 Å². The lowest BCUT2D eigenvalue weighted by molar-refractivity contribution is 0.0188. The Balaban J connectivity index is 1.17. The summed E-state index contributed by atoms with van der Waals surface area (Å²) in [6.45, 7) is 7.80. The summed E-state index contributed by atoms with van der Waals surface area (Å²) < 4.78 is 9.49. The van der Waals surface area contributed by atoms with Crippen LogP contribution in [0.2, 0.25) is 0 Å². The van der Waals surface area contributed by atoms with Gasteiger partial charge < -0.3 is 15.0 Å². The monoisotopic (exact) mass is 527 g/mol. The Labute approximate surface area is 229 Å². The summed E-state index contributed by atoms with van der Waals surface area (Å²) in [5.41, 5.74) is 4.27. The van der Waals surface area contributed by atoms with Gasteiger partial charge >= 0.3 is 6.09 Å². The predicted octanol–water partition coefficient (Wildman–Crippen LogP) is 5.55. The molecule has 9 heteroatoms. The quantitative estimate of drug-likeness (QED) is 0.451. The maximum Gasteiger partial charge on any atom is 0.410 e. The highest BCUT2D eigenvalue weighted by Gasteiger charge is 2.51. The van der Waals surface area contributed by atoms with E-state index in [1.54, 1.807) is 6.20 Å². The molecule has 204 valence electrons. The minimum absolute atomic E-state index is 0.0887. The third-order valence-corrected chi connectivity index (χ3v) is 8.28. The van der Waals surface area contributed by atoms with Gasteiger partial charge in [-0.15, -0.1) is 0 Å². The molecule has 2 aliphatic carbocycles. The van der Waals surface area contributed by atoms with Gasteiger partial charge in [-0.1, -0.05) is 24.3 Å². The number of rotatable bonds is 6. The predicted molar refractivity (Wildman–Crippen MR) is 148 cm³/mol. The molecule has 39 heavy (non-hydrogen) atoms. The van der Waals surface area contributed by atoms with Crippen molar-refractivity contribution in [3.05, 3.63) is 53.3 Å². The lowest BCUT2D eigenvalue weighted by Crippen LogP contribution is -2.43. The number of hydrogen-bond acceptors (Lipinski definition) is 6. The molecule has 6 rings (SSSR count). The summed E-state index contributed by atoms with van der Waals surface area (Å²) in [5, 5.41) is 22.8. The fourth-order valence-corrected chi connectivity index (χ4v) is 6.23. The van der Waals surface area contributed by atoms with E-state index in [0.29, 0.717) is 24.3 Å². The lowest BCUT2D eigenvalue weighted by atomic mass is 9.65. The van der Waals surface area contributed by atoms with Crippen LogP contribution in [0.15, 0.2) is 36.7 Å². The Kier molecular flexibility index (Phi) is 6.17. The highest BCUT2D eigenvalue weighted by Crippen LogP contribution is 2.55. The number of anilines is 1. The van der Waals surface area contributed by atoms with Crippen LogP contribution in [0, 0.1) is 16.7 Å². The SMILES string of the molecule is CNc1c(C#N)c(-c2cnn(Cc3cccc(C4CC4)c3)c2)nn1C1CC2(CCN(C(=O)OC(C)(C)C)C2)C1. The highest BCUT2D eigenvalue weighted by molar-refractivity contribution is 5.73. The second-order valence-corrected chi connectivity index (χ2v) is 12.5. The van der Waals surface area contributed by atoms with E-state index >= 15 is 0 Å². The van der Waals surface area contributed by atoms with E-state index in [9.17, 15) is 10.1 Å². The fourth-order valence-electron chi connectivity index (χ4n) is 6.23. The van der Waals surface area contributed by atoms with Gasteiger partial charge in [0.15, 0.2) is 0 Å². The number of nitrogens with one attached hydrogen (secondary N) is 1. The van der Waals surface area contributed by atoms with Gasteiger partial charge in [-0.3, -0.25) is 4.68 Å². The van der Waals surface area contributed by atoms with Gasteiger partial charge in [-0.25, -0.2) is 9.48 Å². The van der Waals surface area contributed by atoms with E-state index in [4.69, 9.17) is 9.84 Å². The van der Waals surface area contributed by atoms with Crippen molar-refractivity contribution in [2.45, 2.75) is 77.0 Å². The largest absolute Gasteiger partial charge is 0.444 e. The molecule has 1 saturated heterocycles. The molecule has 3 fully saturated rings. The first-order chi connectivity index (χ1) is 18.7. The molecule has 1 aromatic carbocycles.